The van der Waals surface area contributed by atoms with Crippen molar-refractivity contribution < 1.29 is 24.0 Å². The molecule has 4 atom stereocenters. The van der Waals surface area contributed by atoms with Gasteiger partial charge in [0.15, 0.2) is 0 Å². The lowest BCUT2D eigenvalue weighted by Crippen LogP contribution is -2.56. The van der Waals surface area contributed by atoms with Gasteiger partial charge in [0.1, 0.15) is 12.1 Å². The summed E-state index contributed by atoms with van der Waals surface area (Å²) in [7, 11) is 0. The van der Waals surface area contributed by atoms with Crippen LogP contribution in [0.15, 0.2) is 24.3 Å². The van der Waals surface area contributed by atoms with Gasteiger partial charge in [-0.25, -0.2) is 0 Å². The Hall–Kier alpha value is -3.33. The summed E-state index contributed by atoms with van der Waals surface area (Å²) in [6.45, 7) is 6.56. The van der Waals surface area contributed by atoms with Crippen molar-refractivity contribution in [3.63, 3.8) is 0 Å². The summed E-state index contributed by atoms with van der Waals surface area (Å²) >= 11 is 0. The second kappa shape index (κ2) is 50.6. The van der Waals surface area contributed by atoms with E-state index >= 15 is 0 Å². The van der Waals surface area contributed by atoms with E-state index in [1.165, 1.54) is 122 Å². The quantitative estimate of drug-likeness (QED) is 0.0208. The van der Waals surface area contributed by atoms with E-state index in [4.69, 9.17) is 22.9 Å². The van der Waals surface area contributed by atoms with Crippen molar-refractivity contribution in [2.45, 2.75) is 269 Å². The maximum atomic E-state index is 13.9. The Morgan fingerprint density at radius 2 is 0.729 bits per heavy atom. The lowest BCUT2D eigenvalue weighted by Gasteiger charge is -2.24. The van der Waals surface area contributed by atoms with Crippen LogP contribution in [0.4, 0.5) is 0 Å². The number of hydrogen-bond acceptors (Lipinski definition) is 9. The molecule has 0 fully saturated rings. The Kier molecular flexibility index (Phi) is 48.2. The number of nitrogens with one attached hydrogen (secondary N) is 5. The van der Waals surface area contributed by atoms with E-state index < -0.39 is 36.0 Å². The zero-order valence-electron chi connectivity index (χ0n) is 45.0. The van der Waals surface area contributed by atoms with E-state index in [2.05, 4.69) is 64.7 Å². The standard InChI is InChI=1S/C56H109N9O5/c1-3-5-7-9-11-13-15-17-19-21-23-25-27-29-31-33-45-61-52(66)42-41-51(55(69)63-46-34-32-30-28-26-24-22-20-18-16-14-12-10-8-6-4-2)65-56(70)50(64-54(68)49(60)39-36-44-58)40-37-47-62-53(67)48(59)38-35-43-57/h17-20,48-51H,3-16,21-47,57-60H2,1-2H3,(H,61,66)(H,62,67)(H,63,69)(H,64,68)(H,65,70)/b19-17-,20-18-. The molecule has 70 heavy (non-hydrogen) atoms. The summed E-state index contributed by atoms with van der Waals surface area (Å²) in [6.07, 6.45) is 45.7. The number of hydrogen-bond donors (Lipinski definition) is 9. The molecule has 13 N–H and O–H groups in total. The molecule has 0 bridgehead atoms. The van der Waals surface area contributed by atoms with E-state index in [0.29, 0.717) is 58.3 Å². The third-order valence-corrected chi connectivity index (χ3v) is 13.0. The van der Waals surface area contributed by atoms with Crippen LogP contribution in [0.1, 0.15) is 245 Å². The molecule has 0 radical (unpaired) electrons. The van der Waals surface area contributed by atoms with Crippen molar-refractivity contribution in [2.75, 3.05) is 32.7 Å². The molecule has 14 nitrogen and oxygen atoms in total. The van der Waals surface area contributed by atoms with Crippen LogP contribution in [-0.2, 0) is 24.0 Å². The van der Waals surface area contributed by atoms with E-state index in [1.54, 1.807) is 0 Å². The van der Waals surface area contributed by atoms with Crippen molar-refractivity contribution in [1.82, 2.24) is 26.6 Å². The molecule has 0 spiro atoms. The molecule has 0 aromatic carbocycles. The lowest BCUT2D eigenvalue weighted by molar-refractivity contribution is -0.133. The van der Waals surface area contributed by atoms with E-state index in [0.717, 1.165) is 57.8 Å². The van der Waals surface area contributed by atoms with Crippen LogP contribution in [0.25, 0.3) is 0 Å². The minimum atomic E-state index is -1.04. The summed E-state index contributed by atoms with van der Waals surface area (Å²) < 4.78 is 0. The SMILES string of the molecule is CCCCCCCC/C=C\CCCCCCCCNC(=O)CCC(NC(=O)C(CCCNC(=O)C(N)CCCN)NC(=O)C(N)CCCN)C(=O)NCCCCCCCC/C=C\CCCCCCCC. The monoisotopic (exact) mass is 988 g/mol. The highest BCUT2D eigenvalue weighted by Crippen LogP contribution is 2.13. The summed E-state index contributed by atoms with van der Waals surface area (Å²) in [5, 5.41) is 14.4. The minimum absolute atomic E-state index is 0.0520. The molecule has 0 aliphatic rings. The summed E-state index contributed by atoms with van der Waals surface area (Å²) in [5.41, 5.74) is 23.3. The molecule has 0 rings (SSSR count). The van der Waals surface area contributed by atoms with Gasteiger partial charge in [-0.05, 0) is 122 Å². The van der Waals surface area contributed by atoms with Crippen molar-refractivity contribution in [2.24, 2.45) is 22.9 Å². The van der Waals surface area contributed by atoms with Gasteiger partial charge >= 0.3 is 0 Å². The predicted octanol–water partition coefficient (Wildman–Crippen LogP) is 9.07. The number of allylic oxidation sites excluding steroid dienone is 4. The van der Waals surface area contributed by atoms with Gasteiger partial charge in [-0.3, -0.25) is 24.0 Å². The highest BCUT2D eigenvalue weighted by atomic mass is 16.2. The maximum absolute atomic E-state index is 13.9. The van der Waals surface area contributed by atoms with Crippen LogP contribution in [0.5, 0.6) is 0 Å². The molecule has 0 aliphatic carbocycles. The molecule has 0 aromatic rings. The average molecular weight is 989 g/mol. The third-order valence-electron chi connectivity index (χ3n) is 13.0. The molecular weight excluding hydrogens is 879 g/mol. The smallest absolute Gasteiger partial charge is 0.243 e. The fraction of sp³-hybridized carbons (Fsp3) is 0.839. The summed E-state index contributed by atoms with van der Waals surface area (Å²) in [6, 6.07) is -3.60. The van der Waals surface area contributed by atoms with Gasteiger partial charge in [-0.15, -0.1) is 0 Å². The second-order valence-corrected chi connectivity index (χ2v) is 19.7. The second-order valence-electron chi connectivity index (χ2n) is 19.7. The van der Waals surface area contributed by atoms with Gasteiger partial charge in [0.25, 0.3) is 0 Å². The molecule has 408 valence electrons. The van der Waals surface area contributed by atoms with Gasteiger partial charge in [0, 0.05) is 26.1 Å². The molecule has 0 heterocycles. The van der Waals surface area contributed by atoms with Crippen LogP contribution in [0.2, 0.25) is 0 Å². The first-order valence-electron chi connectivity index (χ1n) is 28.7. The first-order valence-corrected chi connectivity index (χ1v) is 28.7. The first kappa shape index (κ1) is 66.7. The largest absolute Gasteiger partial charge is 0.356 e. The predicted molar refractivity (Wildman–Crippen MR) is 293 cm³/mol. The first-order chi connectivity index (χ1) is 34.1. The molecule has 5 amide bonds. The minimum Gasteiger partial charge on any atom is -0.356 e. The normalized spacial score (nSPS) is 13.3. The number of amides is 5. The van der Waals surface area contributed by atoms with Crippen LogP contribution >= 0.6 is 0 Å². The summed E-state index contributed by atoms with van der Waals surface area (Å²) in [5.74, 6) is -1.93. The molecule has 14 heteroatoms. The van der Waals surface area contributed by atoms with Crippen molar-refractivity contribution in [3.05, 3.63) is 24.3 Å². The Labute approximate surface area is 427 Å². The fourth-order valence-electron chi connectivity index (χ4n) is 8.35. The van der Waals surface area contributed by atoms with Crippen molar-refractivity contribution >= 4 is 29.5 Å². The van der Waals surface area contributed by atoms with Crippen LogP contribution in [-0.4, -0.2) is 86.4 Å². The van der Waals surface area contributed by atoms with Gasteiger partial charge in [0.2, 0.25) is 29.5 Å². The molecule has 0 saturated heterocycles. The Bertz CT molecular complexity index is 1330. The number of rotatable bonds is 51. The van der Waals surface area contributed by atoms with Gasteiger partial charge < -0.3 is 49.5 Å². The fourth-order valence-corrected chi connectivity index (χ4v) is 8.35. The number of carbonyl (C=O) groups excluding carboxylic acids is 5. The molecule has 0 saturated carbocycles. The van der Waals surface area contributed by atoms with Crippen LogP contribution < -0.4 is 49.5 Å². The van der Waals surface area contributed by atoms with Gasteiger partial charge in [-0.2, -0.15) is 0 Å². The van der Waals surface area contributed by atoms with Crippen molar-refractivity contribution in [1.29, 1.82) is 0 Å². The summed E-state index contributed by atoms with van der Waals surface area (Å²) in [4.78, 5) is 66.2. The Balaban J connectivity index is 5.17. The van der Waals surface area contributed by atoms with Crippen LogP contribution in [0.3, 0.4) is 0 Å². The third kappa shape index (κ3) is 42.4. The Morgan fingerprint density at radius 1 is 0.371 bits per heavy atom. The van der Waals surface area contributed by atoms with Crippen molar-refractivity contribution in [3.8, 4) is 0 Å². The van der Waals surface area contributed by atoms with Crippen LogP contribution in [0, 0.1) is 0 Å². The number of carbonyl (C=O) groups is 5. The van der Waals surface area contributed by atoms with E-state index in [1.807, 2.05) is 0 Å². The zero-order chi connectivity index (χ0) is 51.6. The highest BCUT2D eigenvalue weighted by molar-refractivity contribution is 5.93. The molecule has 0 aliphatic heterocycles. The van der Waals surface area contributed by atoms with E-state index in [-0.39, 0.29) is 43.5 Å². The highest BCUT2D eigenvalue weighted by Gasteiger charge is 2.28. The average Bonchev–Trinajstić information content (AvgIpc) is 3.35. The topological polar surface area (TPSA) is 250 Å². The van der Waals surface area contributed by atoms with Gasteiger partial charge in [-0.1, -0.05) is 154 Å². The molecule has 0 aromatic heterocycles. The van der Waals surface area contributed by atoms with E-state index in [9.17, 15) is 24.0 Å². The molecule has 4 unspecified atom stereocenters. The molecular formula is C56H109N9O5. The Morgan fingerprint density at radius 3 is 1.19 bits per heavy atom. The lowest BCUT2D eigenvalue weighted by atomic mass is 10.1. The maximum Gasteiger partial charge on any atom is 0.243 e. The number of nitrogens with two attached hydrogens (primary N) is 4. The van der Waals surface area contributed by atoms with Gasteiger partial charge in [0.05, 0.1) is 12.1 Å². The zero-order valence-corrected chi connectivity index (χ0v) is 45.0. The number of unbranched alkanes of at least 4 members (excludes halogenated alkanes) is 24.